The third-order valence-electron chi connectivity index (χ3n) is 10.1. The number of anilines is 2. The molecule has 1 aliphatic heterocycles. The van der Waals surface area contributed by atoms with Crippen molar-refractivity contribution in [2.75, 3.05) is 43.9 Å². The standard InChI is InChI=1S/C45H62N10O7/c1-7-12-39(26-47-6)53-44(49-29-46)48-20-10-9-13-33-18-21-55(22-19-33)43(59)34-14-11-15-37(24-34)54-45(60)62-28-35-16-17-38(25-36(35)27-61-23-8-2)52-41(57)32(5)51-42(58)40(31(3)4)50-30-56/h2,11-12,14-17,24-26,30-33,40,44,48-49,53H,7,9-10,13,18-23,27-28H2,1,3-6H3,(H,50,56)(H,51,58)(H,52,57)(H,54,60)/b39-12+,47-26?/t32-,40?,44?/m0/s1. The van der Waals surface area contributed by atoms with Crippen LogP contribution in [0, 0.1) is 35.6 Å². The molecule has 0 aromatic heterocycles. The second-order valence-corrected chi connectivity index (χ2v) is 15.2. The molecule has 62 heavy (non-hydrogen) atoms. The van der Waals surface area contributed by atoms with Gasteiger partial charge in [0.15, 0.2) is 12.5 Å². The third kappa shape index (κ3) is 17.3. The van der Waals surface area contributed by atoms with E-state index in [1.807, 2.05) is 24.1 Å². The number of amides is 5. The number of nitrogens with one attached hydrogen (secondary N) is 7. The number of aliphatic imine (C=N–C) groups is 1. The molecule has 3 atom stereocenters. The zero-order chi connectivity index (χ0) is 45.3. The second kappa shape index (κ2) is 27.4. The topological polar surface area (TPSA) is 227 Å². The molecule has 0 bridgehead atoms. The first kappa shape index (κ1) is 49.9. The molecule has 3 rings (SSSR count). The zero-order valence-corrected chi connectivity index (χ0v) is 36.4. The highest BCUT2D eigenvalue weighted by Gasteiger charge is 2.26. The normalized spacial score (nSPS) is 14.5. The minimum absolute atomic E-state index is 0.0363. The molecule has 7 N–H and O–H groups in total. The fourth-order valence-corrected chi connectivity index (χ4v) is 6.78. The molecule has 17 heteroatoms. The molecule has 334 valence electrons. The van der Waals surface area contributed by atoms with Gasteiger partial charge in [-0.3, -0.25) is 40.1 Å². The molecule has 0 saturated carbocycles. The monoisotopic (exact) mass is 854 g/mol. The van der Waals surface area contributed by atoms with Gasteiger partial charge in [0.1, 0.15) is 25.3 Å². The van der Waals surface area contributed by atoms with Crippen LogP contribution in [0.2, 0.25) is 0 Å². The number of carbonyl (C=O) groups is 5. The van der Waals surface area contributed by atoms with Crippen LogP contribution in [-0.2, 0) is 37.1 Å². The maximum absolute atomic E-state index is 13.5. The summed E-state index contributed by atoms with van der Waals surface area (Å²) in [7, 11) is 1.70. The van der Waals surface area contributed by atoms with Crippen LogP contribution in [0.25, 0.3) is 0 Å². The molecular weight excluding hydrogens is 793 g/mol. The van der Waals surface area contributed by atoms with Crippen molar-refractivity contribution in [2.24, 2.45) is 16.8 Å². The Balaban J connectivity index is 1.48. The number of carbonyl (C=O) groups excluding carboxylic acids is 5. The van der Waals surface area contributed by atoms with Gasteiger partial charge in [0.25, 0.3) is 5.91 Å². The minimum atomic E-state index is -0.915. The average molecular weight is 855 g/mol. The van der Waals surface area contributed by atoms with Gasteiger partial charge in [-0.1, -0.05) is 57.7 Å². The lowest BCUT2D eigenvalue weighted by atomic mass is 9.91. The van der Waals surface area contributed by atoms with Gasteiger partial charge >= 0.3 is 6.09 Å². The number of ether oxygens (including phenoxy) is 2. The molecule has 17 nitrogen and oxygen atoms in total. The van der Waals surface area contributed by atoms with Crippen LogP contribution in [-0.4, -0.2) is 93.0 Å². The molecule has 2 aromatic carbocycles. The van der Waals surface area contributed by atoms with E-state index < -0.39 is 36.3 Å². The molecule has 1 aliphatic rings. The second-order valence-electron chi connectivity index (χ2n) is 15.2. The van der Waals surface area contributed by atoms with Crippen molar-refractivity contribution in [1.82, 2.24) is 31.5 Å². The smallest absolute Gasteiger partial charge is 0.411 e. The number of terminal acetylenes is 1. The number of allylic oxidation sites excluding steroid dienone is 2. The number of rotatable bonds is 25. The average Bonchev–Trinajstić information content (AvgIpc) is 3.25. The molecule has 2 unspecified atom stereocenters. The predicted molar refractivity (Wildman–Crippen MR) is 238 cm³/mol. The Labute approximate surface area is 365 Å². The summed E-state index contributed by atoms with van der Waals surface area (Å²) < 4.78 is 11.1. The number of nitriles is 1. The number of likely N-dealkylation sites (tertiary alicyclic amines) is 1. The summed E-state index contributed by atoms with van der Waals surface area (Å²) in [6.07, 6.45) is 16.1. The van der Waals surface area contributed by atoms with E-state index in [4.69, 9.17) is 21.2 Å². The van der Waals surface area contributed by atoms with E-state index >= 15 is 0 Å². The zero-order valence-electron chi connectivity index (χ0n) is 36.4. The number of nitrogens with zero attached hydrogens (tertiary/aromatic N) is 3. The Morgan fingerprint density at radius 1 is 0.984 bits per heavy atom. The van der Waals surface area contributed by atoms with E-state index in [-0.39, 0.29) is 31.6 Å². The van der Waals surface area contributed by atoms with Gasteiger partial charge in [-0.15, -0.1) is 6.42 Å². The highest BCUT2D eigenvalue weighted by Crippen LogP contribution is 2.25. The highest BCUT2D eigenvalue weighted by atomic mass is 16.5. The fourth-order valence-electron chi connectivity index (χ4n) is 6.78. The Bertz CT molecular complexity index is 1930. The SMILES string of the molecule is C#CCOCc1cc(NC(=O)[C@H](C)NC(=O)C(NC=O)C(C)C)ccc1COC(=O)Nc1cccc(C(=O)N2CCC(CCCCNC(NC#N)N/C(C=NC)=C/CC)CC2)c1. The number of unbranched alkanes of at least 4 members (excludes halogenated alkanes) is 1. The maximum Gasteiger partial charge on any atom is 0.411 e. The lowest BCUT2D eigenvalue weighted by molar-refractivity contribution is -0.129. The van der Waals surface area contributed by atoms with Crippen LogP contribution in [0.3, 0.4) is 0 Å². The van der Waals surface area contributed by atoms with E-state index in [0.717, 1.165) is 50.8 Å². The van der Waals surface area contributed by atoms with Crippen LogP contribution < -0.4 is 37.2 Å². The van der Waals surface area contributed by atoms with E-state index in [0.29, 0.717) is 53.5 Å². The van der Waals surface area contributed by atoms with Crippen LogP contribution in [0.5, 0.6) is 0 Å². The number of benzene rings is 2. The molecule has 0 spiro atoms. The Morgan fingerprint density at radius 2 is 1.74 bits per heavy atom. The lowest BCUT2D eigenvalue weighted by Gasteiger charge is -2.32. The fraction of sp³-hybridized carbons (Fsp3) is 0.489. The van der Waals surface area contributed by atoms with Crippen molar-refractivity contribution in [3.63, 3.8) is 0 Å². The Morgan fingerprint density at radius 3 is 2.42 bits per heavy atom. The molecule has 2 aromatic rings. The molecule has 1 saturated heterocycles. The number of hydrogen-bond donors (Lipinski definition) is 7. The summed E-state index contributed by atoms with van der Waals surface area (Å²) in [5.41, 5.74) is 3.32. The van der Waals surface area contributed by atoms with Gasteiger partial charge in [0, 0.05) is 43.3 Å². The van der Waals surface area contributed by atoms with Gasteiger partial charge in [-0.25, -0.2) is 4.79 Å². The number of piperidine rings is 1. The summed E-state index contributed by atoms with van der Waals surface area (Å²) in [4.78, 5) is 68.8. The lowest BCUT2D eigenvalue weighted by Crippen LogP contribution is -2.52. The summed E-state index contributed by atoms with van der Waals surface area (Å²) in [5, 5.41) is 29.0. The Kier molecular flexibility index (Phi) is 22.1. The van der Waals surface area contributed by atoms with E-state index in [1.54, 1.807) is 69.6 Å². The van der Waals surface area contributed by atoms with Crippen molar-refractivity contribution in [3.05, 3.63) is 70.9 Å². The van der Waals surface area contributed by atoms with E-state index in [2.05, 4.69) is 48.1 Å². The first-order valence-corrected chi connectivity index (χ1v) is 21.0. The summed E-state index contributed by atoms with van der Waals surface area (Å²) in [6, 6.07) is 10.0. The molecule has 0 aliphatic carbocycles. The van der Waals surface area contributed by atoms with Crippen LogP contribution >= 0.6 is 0 Å². The first-order chi connectivity index (χ1) is 29.9. The van der Waals surface area contributed by atoms with Gasteiger partial charge in [-0.05, 0) is 92.4 Å². The van der Waals surface area contributed by atoms with E-state index in [9.17, 15) is 24.0 Å². The maximum atomic E-state index is 13.5. The molecular formula is C45H62N10O7. The molecule has 0 radical (unpaired) electrons. The van der Waals surface area contributed by atoms with Crippen molar-refractivity contribution >= 4 is 47.8 Å². The van der Waals surface area contributed by atoms with Gasteiger partial charge in [0.2, 0.25) is 18.2 Å². The van der Waals surface area contributed by atoms with Crippen LogP contribution in [0.1, 0.15) is 87.7 Å². The summed E-state index contributed by atoms with van der Waals surface area (Å²) >= 11 is 0. The predicted octanol–water partition coefficient (Wildman–Crippen LogP) is 4.35. The van der Waals surface area contributed by atoms with Gasteiger partial charge in [0.05, 0.1) is 12.3 Å². The van der Waals surface area contributed by atoms with E-state index in [1.165, 1.54) is 6.92 Å². The minimum Gasteiger partial charge on any atom is -0.444 e. The van der Waals surface area contributed by atoms with Crippen molar-refractivity contribution < 1.29 is 33.4 Å². The third-order valence-corrected chi connectivity index (χ3v) is 10.1. The first-order valence-electron chi connectivity index (χ1n) is 21.0. The van der Waals surface area contributed by atoms with Gasteiger partial charge in [-0.2, -0.15) is 5.26 Å². The molecule has 5 amide bonds. The molecule has 1 heterocycles. The number of hydrogen-bond acceptors (Lipinski definition) is 12. The molecule has 1 fully saturated rings. The van der Waals surface area contributed by atoms with Crippen molar-refractivity contribution in [3.8, 4) is 18.5 Å². The highest BCUT2D eigenvalue weighted by molar-refractivity contribution is 5.98. The summed E-state index contributed by atoms with van der Waals surface area (Å²) in [6.45, 7) is 9.12. The Hall–Kier alpha value is -6.43. The van der Waals surface area contributed by atoms with Gasteiger partial charge < -0.3 is 35.6 Å². The quantitative estimate of drug-likeness (QED) is 0.0141. The summed E-state index contributed by atoms with van der Waals surface area (Å²) in [5.74, 6) is 1.66. The largest absolute Gasteiger partial charge is 0.444 e. The van der Waals surface area contributed by atoms with Crippen molar-refractivity contribution in [1.29, 1.82) is 5.26 Å². The van der Waals surface area contributed by atoms with Crippen molar-refractivity contribution in [2.45, 2.75) is 97.8 Å². The van der Waals surface area contributed by atoms with Crippen LogP contribution in [0.4, 0.5) is 16.2 Å². The van der Waals surface area contributed by atoms with Crippen LogP contribution in [0.15, 0.2) is 59.2 Å².